The van der Waals surface area contributed by atoms with Gasteiger partial charge in [-0.3, -0.25) is 4.79 Å². The molecule has 0 radical (unpaired) electrons. The molecule has 2 aromatic rings. The van der Waals surface area contributed by atoms with Crippen molar-refractivity contribution in [2.75, 3.05) is 31.5 Å². The van der Waals surface area contributed by atoms with E-state index in [1.807, 2.05) is 26.0 Å². The number of carbonyl (C=O) groups excluding carboxylic acids is 2. The molecule has 1 saturated heterocycles. The normalized spacial score (nSPS) is 14.4. The van der Waals surface area contributed by atoms with E-state index in [0.717, 1.165) is 5.56 Å². The van der Waals surface area contributed by atoms with Gasteiger partial charge in [0.2, 0.25) is 0 Å². The molecule has 1 aliphatic rings. The van der Waals surface area contributed by atoms with E-state index in [-0.39, 0.29) is 11.9 Å². The van der Waals surface area contributed by atoms with Crippen molar-refractivity contribution in [3.63, 3.8) is 0 Å². The Morgan fingerprint density at radius 2 is 1.70 bits per heavy atom. The molecule has 144 valence electrons. The van der Waals surface area contributed by atoms with E-state index in [4.69, 9.17) is 16.0 Å². The van der Waals surface area contributed by atoms with E-state index >= 15 is 0 Å². The van der Waals surface area contributed by atoms with Gasteiger partial charge in [-0.15, -0.1) is 0 Å². The highest BCUT2D eigenvalue weighted by molar-refractivity contribution is 9.10. The van der Waals surface area contributed by atoms with Gasteiger partial charge < -0.3 is 19.5 Å². The van der Waals surface area contributed by atoms with Crippen molar-refractivity contribution in [1.82, 2.24) is 9.80 Å². The van der Waals surface area contributed by atoms with Gasteiger partial charge in [0, 0.05) is 36.9 Å². The fourth-order valence-electron chi connectivity index (χ4n) is 3.04. The van der Waals surface area contributed by atoms with Gasteiger partial charge in [0.05, 0.1) is 10.0 Å². The lowest BCUT2D eigenvalue weighted by Gasteiger charge is -2.34. The Labute approximate surface area is 171 Å². The molecule has 3 rings (SSSR count). The standard InChI is InChI=1S/C19H21BrClN3O3/c1-11-4-5-14(10-15(11)21)22-19(26)24-8-6-23(7-9-24)18(25)16-12(2)27-13(3)17(16)20/h4-5,10H,6-9H2,1-3H3,(H,22,26). The highest BCUT2D eigenvalue weighted by atomic mass is 79.9. The highest BCUT2D eigenvalue weighted by Crippen LogP contribution is 2.29. The average molecular weight is 455 g/mol. The van der Waals surface area contributed by atoms with E-state index < -0.39 is 0 Å². The first-order valence-corrected chi connectivity index (χ1v) is 9.82. The summed E-state index contributed by atoms with van der Waals surface area (Å²) in [6, 6.07) is 5.22. The number of nitrogens with one attached hydrogen (secondary N) is 1. The fourth-order valence-corrected chi connectivity index (χ4v) is 3.75. The van der Waals surface area contributed by atoms with Crippen LogP contribution in [-0.2, 0) is 0 Å². The Balaban J connectivity index is 1.60. The minimum atomic E-state index is -0.196. The molecule has 3 amide bonds. The molecule has 8 heteroatoms. The SMILES string of the molecule is Cc1ccc(NC(=O)N2CCN(C(=O)c3c(C)oc(C)c3Br)CC2)cc1Cl. The highest BCUT2D eigenvalue weighted by Gasteiger charge is 2.29. The average Bonchev–Trinajstić information content (AvgIpc) is 2.89. The quantitative estimate of drug-likeness (QED) is 0.720. The van der Waals surface area contributed by atoms with E-state index in [2.05, 4.69) is 21.2 Å². The smallest absolute Gasteiger partial charge is 0.321 e. The van der Waals surface area contributed by atoms with Gasteiger partial charge >= 0.3 is 6.03 Å². The molecule has 0 unspecified atom stereocenters. The summed E-state index contributed by atoms with van der Waals surface area (Å²) in [7, 11) is 0. The van der Waals surface area contributed by atoms with Crippen LogP contribution >= 0.6 is 27.5 Å². The van der Waals surface area contributed by atoms with Crippen molar-refractivity contribution < 1.29 is 14.0 Å². The molecular weight excluding hydrogens is 434 g/mol. The predicted molar refractivity (Wildman–Crippen MR) is 109 cm³/mol. The molecule has 6 nitrogen and oxygen atoms in total. The lowest BCUT2D eigenvalue weighted by atomic mass is 10.2. The summed E-state index contributed by atoms with van der Waals surface area (Å²) in [5.41, 5.74) is 2.17. The number of aryl methyl sites for hydroxylation is 3. The molecule has 0 saturated carbocycles. The minimum absolute atomic E-state index is 0.0819. The van der Waals surface area contributed by atoms with Crippen molar-refractivity contribution in [3.8, 4) is 0 Å². The number of rotatable bonds is 2. The van der Waals surface area contributed by atoms with Crippen LogP contribution in [0.4, 0.5) is 10.5 Å². The first kappa shape index (κ1) is 19.8. The zero-order chi connectivity index (χ0) is 19.7. The number of nitrogens with zero attached hydrogens (tertiary/aromatic N) is 2. The van der Waals surface area contributed by atoms with Crippen molar-refractivity contribution >= 4 is 45.2 Å². The van der Waals surface area contributed by atoms with E-state index in [1.54, 1.807) is 22.8 Å². The van der Waals surface area contributed by atoms with Crippen molar-refractivity contribution in [2.24, 2.45) is 0 Å². The molecule has 1 aromatic carbocycles. The zero-order valence-electron chi connectivity index (χ0n) is 15.4. The number of furan rings is 1. The summed E-state index contributed by atoms with van der Waals surface area (Å²) in [6.45, 7) is 7.37. The third kappa shape index (κ3) is 4.14. The van der Waals surface area contributed by atoms with Crippen molar-refractivity contribution in [1.29, 1.82) is 0 Å². The number of carbonyl (C=O) groups is 2. The summed E-state index contributed by atoms with van der Waals surface area (Å²) in [6.07, 6.45) is 0. The monoisotopic (exact) mass is 453 g/mol. The van der Waals surface area contributed by atoms with E-state index in [0.29, 0.717) is 58.4 Å². The van der Waals surface area contributed by atoms with Gasteiger partial charge in [-0.05, 0) is 54.4 Å². The number of urea groups is 1. The molecule has 0 aliphatic carbocycles. The second-order valence-electron chi connectivity index (χ2n) is 6.58. The van der Waals surface area contributed by atoms with Crippen LogP contribution in [0.2, 0.25) is 5.02 Å². The fraction of sp³-hybridized carbons (Fsp3) is 0.368. The maximum atomic E-state index is 12.8. The first-order valence-electron chi connectivity index (χ1n) is 8.64. The number of hydrogen-bond donors (Lipinski definition) is 1. The topological polar surface area (TPSA) is 65.8 Å². The predicted octanol–water partition coefficient (Wildman–Crippen LogP) is 4.61. The first-order chi connectivity index (χ1) is 12.8. The molecule has 2 heterocycles. The van der Waals surface area contributed by atoms with Gasteiger partial charge in [-0.1, -0.05) is 17.7 Å². The van der Waals surface area contributed by atoms with Crippen molar-refractivity contribution in [3.05, 3.63) is 50.3 Å². The summed E-state index contributed by atoms with van der Waals surface area (Å²) in [4.78, 5) is 28.7. The lowest BCUT2D eigenvalue weighted by molar-refractivity contribution is 0.0669. The maximum Gasteiger partial charge on any atom is 0.321 e. The number of halogens is 2. The van der Waals surface area contributed by atoms with Crippen LogP contribution in [0, 0.1) is 20.8 Å². The molecule has 1 N–H and O–H groups in total. The van der Waals surface area contributed by atoms with Crippen molar-refractivity contribution in [2.45, 2.75) is 20.8 Å². The van der Waals surface area contributed by atoms with Crippen LogP contribution in [0.1, 0.15) is 27.4 Å². The Bertz CT molecular complexity index is 889. The third-order valence-electron chi connectivity index (χ3n) is 4.68. The van der Waals surface area contributed by atoms with E-state index in [1.165, 1.54) is 0 Å². The minimum Gasteiger partial charge on any atom is -0.465 e. The largest absolute Gasteiger partial charge is 0.465 e. The molecule has 27 heavy (non-hydrogen) atoms. The number of piperazine rings is 1. The van der Waals surface area contributed by atoms with Gasteiger partial charge in [0.1, 0.15) is 11.5 Å². The van der Waals surface area contributed by atoms with Gasteiger partial charge in [0.25, 0.3) is 5.91 Å². The zero-order valence-corrected chi connectivity index (χ0v) is 17.8. The van der Waals surface area contributed by atoms with Crippen LogP contribution in [0.5, 0.6) is 0 Å². The molecule has 0 bridgehead atoms. The third-order valence-corrected chi connectivity index (χ3v) is 6.04. The Morgan fingerprint density at radius 3 is 2.26 bits per heavy atom. The second-order valence-corrected chi connectivity index (χ2v) is 7.78. The van der Waals surface area contributed by atoms with Crippen LogP contribution in [0.3, 0.4) is 0 Å². The number of hydrogen-bond acceptors (Lipinski definition) is 3. The van der Waals surface area contributed by atoms with Crippen LogP contribution < -0.4 is 5.32 Å². The Kier molecular flexibility index (Phi) is 5.81. The summed E-state index contributed by atoms with van der Waals surface area (Å²) in [5, 5.41) is 3.46. The summed E-state index contributed by atoms with van der Waals surface area (Å²) >= 11 is 9.53. The van der Waals surface area contributed by atoms with Crippen LogP contribution in [0.25, 0.3) is 0 Å². The molecule has 0 atom stereocenters. The number of anilines is 1. The lowest BCUT2D eigenvalue weighted by Crippen LogP contribution is -2.51. The number of amides is 3. The van der Waals surface area contributed by atoms with Gasteiger partial charge in [0.15, 0.2) is 0 Å². The van der Waals surface area contributed by atoms with E-state index in [9.17, 15) is 9.59 Å². The van der Waals surface area contributed by atoms with Gasteiger partial charge in [-0.25, -0.2) is 4.79 Å². The molecular formula is C19H21BrClN3O3. The Hall–Kier alpha value is -1.99. The molecule has 0 spiro atoms. The van der Waals surface area contributed by atoms with Crippen LogP contribution in [0.15, 0.2) is 27.1 Å². The Morgan fingerprint density at radius 1 is 1.07 bits per heavy atom. The molecule has 1 fully saturated rings. The second kappa shape index (κ2) is 7.94. The summed E-state index contributed by atoms with van der Waals surface area (Å²) in [5.74, 6) is 1.20. The van der Waals surface area contributed by atoms with Gasteiger partial charge in [-0.2, -0.15) is 0 Å². The maximum absolute atomic E-state index is 12.8. The molecule has 1 aromatic heterocycles. The summed E-state index contributed by atoms with van der Waals surface area (Å²) < 4.78 is 6.22. The van der Waals surface area contributed by atoms with Crippen LogP contribution in [-0.4, -0.2) is 47.9 Å². The molecule has 1 aliphatic heterocycles. The number of benzene rings is 1.